The number of halogens is 1. The van der Waals surface area contributed by atoms with Crippen LogP contribution in [0.4, 0.5) is 11.4 Å². The molecule has 0 heterocycles. The molecule has 0 aliphatic rings. The lowest BCUT2D eigenvalue weighted by molar-refractivity contribution is -0.384. The zero-order chi connectivity index (χ0) is 11.6. The first-order chi connectivity index (χ1) is 6.97. The molecule has 0 aliphatic carbocycles. The minimum absolute atomic E-state index is 0.0120. The third-order valence-electron chi connectivity index (χ3n) is 2.00. The number of nitrogens with zero attached hydrogens (tertiary/aromatic N) is 1. The Morgan fingerprint density at radius 3 is 2.60 bits per heavy atom. The van der Waals surface area contributed by atoms with Crippen LogP contribution in [-0.2, 0) is 0 Å². The molecule has 0 unspecified atom stereocenters. The van der Waals surface area contributed by atoms with E-state index < -0.39 is 11.0 Å². The van der Waals surface area contributed by atoms with Gasteiger partial charge in [0.1, 0.15) is 5.69 Å². The lowest BCUT2D eigenvalue weighted by Gasteiger charge is -2.11. The van der Waals surface area contributed by atoms with Gasteiger partial charge in [-0.05, 0) is 11.6 Å². The molecule has 0 fully saturated rings. The first-order valence-electron chi connectivity index (χ1n) is 4.16. The van der Waals surface area contributed by atoms with Gasteiger partial charge in [0.05, 0.1) is 4.92 Å². The third kappa shape index (κ3) is 2.35. The average molecular weight is 231 g/mol. The van der Waals surface area contributed by atoms with Gasteiger partial charge in [-0.3, -0.25) is 10.1 Å². The van der Waals surface area contributed by atoms with Crippen LogP contribution in [-0.4, -0.2) is 11.5 Å². The molecule has 0 aromatic heterocycles. The second-order valence-corrected chi connectivity index (χ2v) is 3.44. The van der Waals surface area contributed by atoms with Crippen LogP contribution in [0.1, 0.15) is 11.6 Å². The predicted octanol–water partition coefficient (Wildman–Crippen LogP) is 0.789. The zero-order valence-corrected chi connectivity index (χ0v) is 8.57. The Morgan fingerprint density at radius 2 is 2.13 bits per heavy atom. The molecule has 1 rings (SSSR count). The van der Waals surface area contributed by atoms with E-state index in [9.17, 15) is 10.1 Å². The second-order valence-electron chi connectivity index (χ2n) is 3.03. The Hall–Kier alpha value is -1.37. The normalized spacial score (nSPS) is 12.5. The fourth-order valence-electron chi connectivity index (χ4n) is 1.16. The summed E-state index contributed by atoms with van der Waals surface area (Å²) >= 11 is 5.84. The summed E-state index contributed by atoms with van der Waals surface area (Å²) in [6, 6.07) is 2.04. The van der Waals surface area contributed by atoms with E-state index in [2.05, 4.69) is 0 Å². The summed E-state index contributed by atoms with van der Waals surface area (Å²) < 4.78 is 0. The smallest absolute Gasteiger partial charge is 0.292 e. The van der Waals surface area contributed by atoms with Crippen LogP contribution >= 0.6 is 11.6 Å². The van der Waals surface area contributed by atoms with Gasteiger partial charge in [0.25, 0.3) is 5.69 Å². The molecule has 6 N–H and O–H groups in total. The monoisotopic (exact) mass is 230 g/mol. The predicted molar refractivity (Wildman–Crippen MR) is 58.5 cm³/mol. The highest BCUT2D eigenvalue weighted by Crippen LogP contribution is 2.31. The number of benzene rings is 1. The number of nitrogens with two attached hydrogens (primary N) is 3. The van der Waals surface area contributed by atoms with E-state index in [0.29, 0.717) is 5.56 Å². The largest absolute Gasteiger partial charge is 0.393 e. The van der Waals surface area contributed by atoms with Crippen LogP contribution in [0.5, 0.6) is 0 Å². The summed E-state index contributed by atoms with van der Waals surface area (Å²) in [5.74, 6) is 0. The Labute approximate surface area is 91.1 Å². The highest BCUT2D eigenvalue weighted by atomic mass is 35.5. The Bertz CT molecular complexity index is 396. The number of nitro benzene ring substituents is 1. The van der Waals surface area contributed by atoms with Crippen LogP contribution in [0.15, 0.2) is 12.1 Å². The summed E-state index contributed by atoms with van der Waals surface area (Å²) in [4.78, 5) is 10.0. The minimum Gasteiger partial charge on any atom is -0.393 e. The Kier molecular flexibility index (Phi) is 3.46. The van der Waals surface area contributed by atoms with Crippen molar-refractivity contribution in [2.75, 3.05) is 12.3 Å². The van der Waals surface area contributed by atoms with E-state index in [-0.39, 0.29) is 22.9 Å². The molecule has 1 aromatic rings. The molecule has 15 heavy (non-hydrogen) atoms. The van der Waals surface area contributed by atoms with Gasteiger partial charge in [-0.1, -0.05) is 11.6 Å². The standard InChI is InChI=1S/C8H11ClN4O2/c9-5-2-6(11)8(13(14)15)1-4(5)7(12)3-10/h1-2,7H,3,10-12H2/t7-/m0/s1. The topological polar surface area (TPSA) is 121 Å². The highest BCUT2D eigenvalue weighted by molar-refractivity contribution is 6.31. The van der Waals surface area contributed by atoms with E-state index in [4.69, 9.17) is 28.8 Å². The molecule has 1 aromatic carbocycles. The first-order valence-corrected chi connectivity index (χ1v) is 4.54. The van der Waals surface area contributed by atoms with Gasteiger partial charge in [-0.25, -0.2) is 0 Å². The van der Waals surface area contributed by atoms with E-state index in [1.54, 1.807) is 0 Å². The molecule has 0 saturated carbocycles. The fourth-order valence-corrected chi connectivity index (χ4v) is 1.47. The van der Waals surface area contributed by atoms with Crippen molar-refractivity contribution in [3.05, 3.63) is 32.8 Å². The summed E-state index contributed by atoms with van der Waals surface area (Å²) in [6.07, 6.45) is 0. The number of rotatable bonds is 3. The quantitative estimate of drug-likeness (QED) is 0.403. The Morgan fingerprint density at radius 1 is 1.53 bits per heavy atom. The van der Waals surface area contributed by atoms with Crippen molar-refractivity contribution in [2.45, 2.75) is 6.04 Å². The number of hydrogen-bond acceptors (Lipinski definition) is 5. The SMILES string of the molecule is NC[C@H](N)c1cc([N+](=O)[O-])c(N)cc1Cl. The second kappa shape index (κ2) is 4.43. The van der Waals surface area contributed by atoms with Gasteiger partial charge >= 0.3 is 0 Å². The summed E-state index contributed by atoms with van der Waals surface area (Å²) in [5, 5.41) is 10.9. The number of hydrogen-bond donors (Lipinski definition) is 3. The van der Waals surface area contributed by atoms with Gasteiger partial charge < -0.3 is 17.2 Å². The van der Waals surface area contributed by atoms with Gasteiger partial charge in [-0.15, -0.1) is 0 Å². The third-order valence-corrected chi connectivity index (χ3v) is 2.32. The summed E-state index contributed by atoms with van der Waals surface area (Å²) in [7, 11) is 0. The molecule has 0 radical (unpaired) electrons. The maximum Gasteiger partial charge on any atom is 0.292 e. The molecule has 0 spiro atoms. The maximum absolute atomic E-state index is 10.6. The maximum atomic E-state index is 10.6. The van der Waals surface area contributed by atoms with Crippen molar-refractivity contribution in [3.8, 4) is 0 Å². The van der Waals surface area contributed by atoms with Gasteiger partial charge in [0.15, 0.2) is 0 Å². The molecule has 6 nitrogen and oxygen atoms in total. The molecule has 0 amide bonds. The molecule has 82 valence electrons. The molecular weight excluding hydrogens is 220 g/mol. The number of nitrogen functional groups attached to an aromatic ring is 1. The highest BCUT2D eigenvalue weighted by Gasteiger charge is 2.18. The summed E-state index contributed by atoms with van der Waals surface area (Å²) in [5.41, 5.74) is 16.7. The minimum atomic E-state index is -0.585. The van der Waals surface area contributed by atoms with Crippen molar-refractivity contribution in [1.82, 2.24) is 0 Å². The van der Waals surface area contributed by atoms with Crippen LogP contribution in [0, 0.1) is 10.1 Å². The van der Waals surface area contributed by atoms with Gasteiger partial charge in [0, 0.05) is 23.7 Å². The Balaban J connectivity index is 3.29. The van der Waals surface area contributed by atoms with Gasteiger partial charge in [0.2, 0.25) is 0 Å². The van der Waals surface area contributed by atoms with Crippen molar-refractivity contribution >= 4 is 23.0 Å². The van der Waals surface area contributed by atoms with E-state index >= 15 is 0 Å². The molecule has 0 bridgehead atoms. The molecule has 7 heteroatoms. The van der Waals surface area contributed by atoms with Crippen LogP contribution < -0.4 is 17.2 Å². The van der Waals surface area contributed by atoms with Gasteiger partial charge in [-0.2, -0.15) is 0 Å². The lowest BCUT2D eigenvalue weighted by atomic mass is 10.1. The lowest BCUT2D eigenvalue weighted by Crippen LogP contribution is -2.21. The van der Waals surface area contributed by atoms with E-state index in [0.717, 1.165) is 0 Å². The van der Waals surface area contributed by atoms with Crippen LogP contribution in [0.2, 0.25) is 5.02 Å². The zero-order valence-electron chi connectivity index (χ0n) is 7.81. The summed E-state index contributed by atoms with van der Waals surface area (Å²) in [6.45, 7) is 0.154. The average Bonchev–Trinajstić information content (AvgIpc) is 2.16. The number of anilines is 1. The molecule has 0 saturated heterocycles. The number of nitro groups is 1. The van der Waals surface area contributed by atoms with Crippen LogP contribution in [0.25, 0.3) is 0 Å². The fraction of sp³-hybridized carbons (Fsp3) is 0.250. The van der Waals surface area contributed by atoms with Crippen molar-refractivity contribution in [1.29, 1.82) is 0 Å². The van der Waals surface area contributed by atoms with E-state index in [1.807, 2.05) is 0 Å². The van der Waals surface area contributed by atoms with Crippen molar-refractivity contribution in [2.24, 2.45) is 11.5 Å². The molecule has 1 atom stereocenters. The molecule has 0 aliphatic heterocycles. The van der Waals surface area contributed by atoms with Crippen molar-refractivity contribution in [3.63, 3.8) is 0 Å². The van der Waals surface area contributed by atoms with Crippen molar-refractivity contribution < 1.29 is 4.92 Å². The van der Waals surface area contributed by atoms with Crippen LogP contribution in [0.3, 0.4) is 0 Å². The van der Waals surface area contributed by atoms with E-state index in [1.165, 1.54) is 12.1 Å². The first kappa shape index (κ1) is 11.7. The molecular formula is C8H11ClN4O2.